The Balaban J connectivity index is 1.94. The van der Waals surface area contributed by atoms with Crippen molar-refractivity contribution in [3.63, 3.8) is 0 Å². The van der Waals surface area contributed by atoms with E-state index in [9.17, 15) is 4.79 Å². The first-order valence-corrected chi connectivity index (χ1v) is 7.69. The van der Waals surface area contributed by atoms with Crippen molar-refractivity contribution in [3.8, 4) is 0 Å². The average Bonchev–Trinajstić information content (AvgIpc) is 2.39. The summed E-state index contributed by atoms with van der Waals surface area (Å²) in [5, 5.41) is 6.09. The van der Waals surface area contributed by atoms with E-state index >= 15 is 0 Å². The number of hydrogen-bond acceptors (Lipinski definition) is 1. The largest absolute Gasteiger partial charge is 0.335 e. The van der Waals surface area contributed by atoms with Crippen LogP contribution in [0.2, 0.25) is 0 Å². The van der Waals surface area contributed by atoms with Crippen LogP contribution in [0.15, 0.2) is 30.3 Å². The number of hydrogen-bond donors (Lipinski definition) is 2. The van der Waals surface area contributed by atoms with Crippen molar-refractivity contribution in [3.05, 3.63) is 30.3 Å². The Morgan fingerprint density at radius 3 is 2.55 bits per heavy atom. The number of amides is 2. The predicted molar refractivity (Wildman–Crippen MR) is 83.7 cm³/mol. The second-order valence-corrected chi connectivity index (χ2v) is 6.40. The third kappa shape index (κ3) is 3.99. The molecule has 1 aliphatic carbocycles. The SMILES string of the molecule is CC(C)[C@@H]1CC[C@@H](C)C[C@@H]1NC(=O)Nc1ccccc1. The highest BCUT2D eigenvalue weighted by Gasteiger charge is 2.31. The highest BCUT2D eigenvalue weighted by molar-refractivity contribution is 5.89. The van der Waals surface area contributed by atoms with Crippen LogP contribution in [0.5, 0.6) is 0 Å². The second kappa shape index (κ2) is 6.78. The molecule has 1 aliphatic rings. The summed E-state index contributed by atoms with van der Waals surface area (Å²) in [6.45, 7) is 6.79. The van der Waals surface area contributed by atoms with E-state index in [2.05, 4.69) is 31.4 Å². The molecule has 0 aromatic heterocycles. The van der Waals surface area contributed by atoms with E-state index in [-0.39, 0.29) is 6.03 Å². The Bertz CT molecular complexity index is 430. The summed E-state index contributed by atoms with van der Waals surface area (Å²) in [4.78, 5) is 12.1. The highest BCUT2D eigenvalue weighted by atomic mass is 16.2. The van der Waals surface area contributed by atoms with Gasteiger partial charge in [-0.2, -0.15) is 0 Å². The van der Waals surface area contributed by atoms with Crippen LogP contribution in [0, 0.1) is 17.8 Å². The molecule has 0 radical (unpaired) electrons. The van der Waals surface area contributed by atoms with E-state index in [1.165, 1.54) is 12.8 Å². The lowest BCUT2D eigenvalue weighted by Gasteiger charge is -2.37. The normalized spacial score (nSPS) is 26.3. The number of benzene rings is 1. The van der Waals surface area contributed by atoms with Crippen molar-refractivity contribution in [2.75, 3.05) is 5.32 Å². The van der Waals surface area contributed by atoms with Crippen molar-refractivity contribution < 1.29 is 4.79 Å². The van der Waals surface area contributed by atoms with Crippen LogP contribution in [-0.2, 0) is 0 Å². The van der Waals surface area contributed by atoms with Gasteiger partial charge in [0.1, 0.15) is 0 Å². The van der Waals surface area contributed by atoms with Gasteiger partial charge >= 0.3 is 6.03 Å². The maximum absolute atomic E-state index is 12.1. The summed E-state index contributed by atoms with van der Waals surface area (Å²) in [7, 11) is 0. The molecule has 20 heavy (non-hydrogen) atoms. The van der Waals surface area contributed by atoms with Crippen LogP contribution in [0.4, 0.5) is 10.5 Å². The predicted octanol–water partition coefficient (Wildman–Crippen LogP) is 4.27. The zero-order valence-corrected chi connectivity index (χ0v) is 12.7. The fourth-order valence-corrected chi connectivity index (χ4v) is 3.23. The smallest absolute Gasteiger partial charge is 0.319 e. The van der Waals surface area contributed by atoms with Gasteiger partial charge in [0.2, 0.25) is 0 Å². The molecule has 2 rings (SSSR count). The molecule has 0 bridgehead atoms. The van der Waals surface area contributed by atoms with Crippen LogP contribution in [0.1, 0.15) is 40.0 Å². The number of rotatable bonds is 3. The van der Waals surface area contributed by atoms with Gasteiger partial charge < -0.3 is 10.6 Å². The van der Waals surface area contributed by atoms with Crippen molar-refractivity contribution in [1.82, 2.24) is 5.32 Å². The van der Waals surface area contributed by atoms with Crippen molar-refractivity contribution in [2.24, 2.45) is 17.8 Å². The van der Waals surface area contributed by atoms with Crippen LogP contribution >= 0.6 is 0 Å². The van der Waals surface area contributed by atoms with E-state index in [4.69, 9.17) is 0 Å². The second-order valence-electron chi connectivity index (χ2n) is 6.40. The summed E-state index contributed by atoms with van der Waals surface area (Å²) in [5.74, 6) is 1.91. The average molecular weight is 274 g/mol. The molecule has 0 spiro atoms. The minimum atomic E-state index is -0.0825. The van der Waals surface area contributed by atoms with Crippen LogP contribution in [0.3, 0.4) is 0 Å². The van der Waals surface area contributed by atoms with Gasteiger partial charge in [0, 0.05) is 11.7 Å². The van der Waals surface area contributed by atoms with E-state index in [0.29, 0.717) is 23.8 Å². The lowest BCUT2D eigenvalue weighted by Crippen LogP contribution is -2.47. The summed E-state index contributed by atoms with van der Waals surface area (Å²) in [5.41, 5.74) is 0.843. The lowest BCUT2D eigenvalue weighted by atomic mass is 9.74. The molecule has 1 saturated carbocycles. The van der Waals surface area contributed by atoms with Crippen LogP contribution < -0.4 is 10.6 Å². The number of para-hydroxylation sites is 1. The molecule has 3 atom stereocenters. The van der Waals surface area contributed by atoms with Crippen LogP contribution in [0.25, 0.3) is 0 Å². The molecule has 1 aromatic carbocycles. The van der Waals surface area contributed by atoms with Gasteiger partial charge in [-0.15, -0.1) is 0 Å². The Hall–Kier alpha value is -1.51. The van der Waals surface area contributed by atoms with Gasteiger partial charge in [-0.25, -0.2) is 4.79 Å². The third-order valence-electron chi connectivity index (χ3n) is 4.37. The van der Waals surface area contributed by atoms with E-state index < -0.39 is 0 Å². The van der Waals surface area contributed by atoms with Crippen molar-refractivity contribution in [1.29, 1.82) is 0 Å². The standard InChI is InChI=1S/C17H26N2O/c1-12(2)15-10-9-13(3)11-16(15)19-17(20)18-14-7-5-4-6-8-14/h4-8,12-13,15-16H,9-11H2,1-3H3,(H2,18,19,20)/t13-,15+,16+/m1/s1. The third-order valence-corrected chi connectivity index (χ3v) is 4.37. The number of carbonyl (C=O) groups is 1. The summed E-state index contributed by atoms with van der Waals surface area (Å²) in [6.07, 6.45) is 3.58. The van der Waals surface area contributed by atoms with Gasteiger partial charge in [-0.1, -0.05) is 45.4 Å². The quantitative estimate of drug-likeness (QED) is 0.849. The molecule has 0 saturated heterocycles. The minimum Gasteiger partial charge on any atom is -0.335 e. The van der Waals surface area contributed by atoms with Gasteiger partial charge in [-0.3, -0.25) is 0 Å². The summed E-state index contributed by atoms with van der Waals surface area (Å²) in [6, 6.07) is 9.82. The molecular formula is C17H26N2O. The highest BCUT2D eigenvalue weighted by Crippen LogP contribution is 2.33. The molecule has 2 N–H and O–H groups in total. The first-order chi connectivity index (χ1) is 9.56. The summed E-state index contributed by atoms with van der Waals surface area (Å²) >= 11 is 0. The minimum absolute atomic E-state index is 0.0825. The summed E-state index contributed by atoms with van der Waals surface area (Å²) < 4.78 is 0. The zero-order valence-electron chi connectivity index (χ0n) is 12.7. The molecule has 0 heterocycles. The molecule has 1 aromatic rings. The maximum atomic E-state index is 12.1. The topological polar surface area (TPSA) is 41.1 Å². The monoisotopic (exact) mass is 274 g/mol. The Labute approximate surface area is 122 Å². The van der Waals surface area contributed by atoms with Crippen molar-refractivity contribution >= 4 is 11.7 Å². The number of carbonyl (C=O) groups excluding carboxylic acids is 1. The van der Waals surface area contributed by atoms with E-state index in [0.717, 1.165) is 12.1 Å². The Morgan fingerprint density at radius 2 is 1.90 bits per heavy atom. The van der Waals surface area contributed by atoms with E-state index in [1.54, 1.807) is 0 Å². The molecule has 3 nitrogen and oxygen atoms in total. The van der Waals surface area contributed by atoms with Gasteiger partial charge in [0.05, 0.1) is 0 Å². The van der Waals surface area contributed by atoms with Gasteiger partial charge in [-0.05, 0) is 42.7 Å². The van der Waals surface area contributed by atoms with Crippen LogP contribution in [-0.4, -0.2) is 12.1 Å². The number of nitrogens with one attached hydrogen (secondary N) is 2. The Morgan fingerprint density at radius 1 is 1.20 bits per heavy atom. The zero-order chi connectivity index (χ0) is 14.5. The molecule has 0 unspecified atom stereocenters. The fourth-order valence-electron chi connectivity index (χ4n) is 3.23. The van der Waals surface area contributed by atoms with Crippen molar-refractivity contribution in [2.45, 2.75) is 46.1 Å². The van der Waals surface area contributed by atoms with Gasteiger partial charge in [0.15, 0.2) is 0 Å². The maximum Gasteiger partial charge on any atom is 0.319 e. The molecular weight excluding hydrogens is 248 g/mol. The first kappa shape index (κ1) is 14.9. The molecule has 3 heteroatoms. The molecule has 0 aliphatic heterocycles. The fraction of sp³-hybridized carbons (Fsp3) is 0.588. The molecule has 1 fully saturated rings. The molecule has 2 amide bonds. The molecule has 110 valence electrons. The van der Waals surface area contributed by atoms with Gasteiger partial charge in [0.25, 0.3) is 0 Å². The first-order valence-electron chi connectivity index (χ1n) is 7.69. The number of urea groups is 1. The van der Waals surface area contributed by atoms with E-state index in [1.807, 2.05) is 30.3 Å². The number of anilines is 1. The lowest BCUT2D eigenvalue weighted by molar-refractivity contribution is 0.172. The Kier molecular flexibility index (Phi) is 5.05.